The highest BCUT2D eigenvalue weighted by molar-refractivity contribution is 5.81. The van der Waals surface area contributed by atoms with E-state index in [1.807, 2.05) is 65.6 Å². The highest BCUT2D eigenvalue weighted by atomic mass is 16.4. The Morgan fingerprint density at radius 3 is 2.08 bits per heavy atom. The lowest BCUT2D eigenvalue weighted by Crippen LogP contribution is -2.51. The number of nitrogens with zero attached hydrogens (tertiary/aromatic N) is 1. The summed E-state index contributed by atoms with van der Waals surface area (Å²) < 4.78 is 0. The molecule has 0 radical (unpaired) electrons. The molecular formula is C21H23NO2. The van der Waals surface area contributed by atoms with Crippen LogP contribution in [-0.2, 0) is 16.9 Å². The van der Waals surface area contributed by atoms with E-state index in [1.165, 1.54) is 0 Å². The van der Waals surface area contributed by atoms with E-state index in [2.05, 4.69) is 13.2 Å². The lowest BCUT2D eigenvalue weighted by atomic mass is 9.84. The van der Waals surface area contributed by atoms with Crippen LogP contribution in [0.25, 0.3) is 0 Å². The molecule has 124 valence electrons. The summed E-state index contributed by atoms with van der Waals surface area (Å²) in [4.78, 5) is 14.3. The zero-order chi connectivity index (χ0) is 17.4. The Morgan fingerprint density at radius 2 is 1.58 bits per heavy atom. The normalized spacial score (nSPS) is 13.2. The van der Waals surface area contributed by atoms with Gasteiger partial charge in [0, 0.05) is 13.1 Å². The van der Waals surface area contributed by atoms with Crippen LogP contribution in [0.1, 0.15) is 17.5 Å². The van der Waals surface area contributed by atoms with Crippen molar-refractivity contribution in [2.24, 2.45) is 0 Å². The molecule has 0 spiro atoms. The Bertz CT molecular complexity index is 681. The quantitative estimate of drug-likeness (QED) is 0.703. The first kappa shape index (κ1) is 17.7. The van der Waals surface area contributed by atoms with E-state index in [-0.39, 0.29) is 0 Å². The molecule has 0 heterocycles. The number of hydrogen-bond donors (Lipinski definition) is 1. The van der Waals surface area contributed by atoms with Gasteiger partial charge in [0.2, 0.25) is 0 Å². The van der Waals surface area contributed by atoms with Gasteiger partial charge in [0.25, 0.3) is 0 Å². The summed E-state index contributed by atoms with van der Waals surface area (Å²) in [7, 11) is 0. The molecule has 1 atom stereocenters. The summed E-state index contributed by atoms with van der Waals surface area (Å²) in [5.41, 5.74) is 0.632. The molecule has 3 heteroatoms. The number of hydrogen-bond acceptors (Lipinski definition) is 2. The topological polar surface area (TPSA) is 40.5 Å². The van der Waals surface area contributed by atoms with Crippen LogP contribution in [0.3, 0.4) is 0 Å². The fraction of sp³-hybridized carbons (Fsp3) is 0.190. The summed E-state index contributed by atoms with van der Waals surface area (Å²) in [6, 6.07) is 19.2. The van der Waals surface area contributed by atoms with Crippen molar-refractivity contribution in [2.75, 3.05) is 6.54 Å². The van der Waals surface area contributed by atoms with E-state index in [1.54, 1.807) is 12.2 Å². The third-order valence-electron chi connectivity index (χ3n) is 4.15. The number of rotatable bonds is 9. The van der Waals surface area contributed by atoms with Crippen molar-refractivity contribution in [1.82, 2.24) is 4.90 Å². The summed E-state index contributed by atoms with van der Waals surface area (Å²) in [5, 5.41) is 10.2. The predicted octanol–water partition coefficient (Wildman–Crippen LogP) is 4.23. The SMILES string of the molecule is C=CCN(Cc1ccccc1)[C@](CC=C)(C(=O)O)c1ccccc1. The Kier molecular flexibility index (Phi) is 6.10. The van der Waals surface area contributed by atoms with Crippen molar-refractivity contribution < 1.29 is 9.90 Å². The molecule has 0 aromatic heterocycles. The lowest BCUT2D eigenvalue weighted by molar-refractivity contribution is -0.152. The van der Waals surface area contributed by atoms with Gasteiger partial charge in [-0.25, -0.2) is 4.79 Å². The molecule has 0 aliphatic rings. The minimum atomic E-state index is -1.17. The molecule has 1 N–H and O–H groups in total. The second-order valence-corrected chi connectivity index (χ2v) is 5.68. The van der Waals surface area contributed by atoms with Gasteiger partial charge in [-0.1, -0.05) is 72.8 Å². The molecule has 0 fully saturated rings. The Hall–Kier alpha value is -2.65. The van der Waals surface area contributed by atoms with Crippen LogP contribution in [0.4, 0.5) is 0 Å². The Morgan fingerprint density at radius 1 is 1.00 bits per heavy atom. The van der Waals surface area contributed by atoms with Crippen LogP contribution < -0.4 is 0 Å². The average Bonchev–Trinajstić information content (AvgIpc) is 2.61. The molecule has 2 rings (SSSR count). The fourth-order valence-corrected chi connectivity index (χ4v) is 3.01. The zero-order valence-corrected chi connectivity index (χ0v) is 13.8. The molecular weight excluding hydrogens is 298 g/mol. The minimum Gasteiger partial charge on any atom is -0.480 e. The highest BCUT2D eigenvalue weighted by Gasteiger charge is 2.44. The predicted molar refractivity (Wildman–Crippen MR) is 97.6 cm³/mol. The van der Waals surface area contributed by atoms with Crippen molar-refractivity contribution in [2.45, 2.75) is 18.5 Å². The highest BCUT2D eigenvalue weighted by Crippen LogP contribution is 2.34. The van der Waals surface area contributed by atoms with Gasteiger partial charge in [0.1, 0.15) is 5.54 Å². The summed E-state index contributed by atoms with van der Waals surface area (Å²) >= 11 is 0. The van der Waals surface area contributed by atoms with Crippen LogP contribution in [0.2, 0.25) is 0 Å². The van der Waals surface area contributed by atoms with E-state index in [4.69, 9.17) is 0 Å². The third kappa shape index (κ3) is 3.63. The fourth-order valence-electron chi connectivity index (χ4n) is 3.01. The number of benzene rings is 2. The maximum atomic E-state index is 12.4. The van der Waals surface area contributed by atoms with Crippen molar-refractivity contribution in [1.29, 1.82) is 0 Å². The van der Waals surface area contributed by atoms with E-state index < -0.39 is 11.5 Å². The van der Waals surface area contributed by atoms with Gasteiger partial charge in [-0.15, -0.1) is 13.2 Å². The van der Waals surface area contributed by atoms with Gasteiger partial charge in [-0.05, 0) is 17.5 Å². The first-order chi connectivity index (χ1) is 11.6. The van der Waals surface area contributed by atoms with Gasteiger partial charge >= 0.3 is 5.97 Å². The van der Waals surface area contributed by atoms with Crippen LogP contribution >= 0.6 is 0 Å². The van der Waals surface area contributed by atoms with Crippen LogP contribution in [0.15, 0.2) is 86.0 Å². The van der Waals surface area contributed by atoms with Gasteiger partial charge in [-0.3, -0.25) is 4.90 Å². The molecule has 0 saturated carbocycles. The van der Waals surface area contributed by atoms with Gasteiger partial charge in [0.05, 0.1) is 0 Å². The number of carboxylic acid groups (broad SMARTS) is 1. The minimum absolute atomic E-state index is 0.313. The molecule has 0 aliphatic carbocycles. The largest absolute Gasteiger partial charge is 0.480 e. The summed E-state index contributed by atoms with van der Waals surface area (Å²) in [5.74, 6) is -0.883. The van der Waals surface area contributed by atoms with Crippen LogP contribution in [0, 0.1) is 0 Å². The molecule has 24 heavy (non-hydrogen) atoms. The maximum absolute atomic E-state index is 12.4. The third-order valence-corrected chi connectivity index (χ3v) is 4.15. The first-order valence-corrected chi connectivity index (χ1v) is 7.95. The van der Waals surface area contributed by atoms with Crippen LogP contribution in [0.5, 0.6) is 0 Å². The van der Waals surface area contributed by atoms with Gasteiger partial charge < -0.3 is 5.11 Å². The molecule has 0 unspecified atom stereocenters. The van der Waals surface area contributed by atoms with Crippen molar-refractivity contribution in [3.63, 3.8) is 0 Å². The summed E-state index contributed by atoms with van der Waals surface area (Å²) in [6.45, 7) is 8.57. The number of carbonyl (C=O) groups is 1. The van der Waals surface area contributed by atoms with E-state index in [9.17, 15) is 9.90 Å². The van der Waals surface area contributed by atoms with Gasteiger partial charge in [-0.2, -0.15) is 0 Å². The zero-order valence-electron chi connectivity index (χ0n) is 13.8. The molecule has 0 amide bonds. The summed E-state index contributed by atoms with van der Waals surface area (Å²) in [6.07, 6.45) is 3.72. The smallest absolute Gasteiger partial charge is 0.329 e. The van der Waals surface area contributed by atoms with Crippen molar-refractivity contribution in [3.8, 4) is 0 Å². The lowest BCUT2D eigenvalue weighted by Gasteiger charge is -2.40. The standard InChI is InChI=1S/C21H23NO2/c1-3-15-21(20(23)24,19-13-9-6-10-14-19)22(16-4-2)17-18-11-7-5-8-12-18/h3-14H,1-2,15-17H2,(H,23,24)/t21-/m0/s1. The van der Waals surface area contributed by atoms with E-state index >= 15 is 0 Å². The van der Waals surface area contributed by atoms with E-state index in [0.29, 0.717) is 19.5 Å². The Balaban J connectivity index is 2.54. The maximum Gasteiger partial charge on any atom is 0.329 e. The van der Waals surface area contributed by atoms with E-state index in [0.717, 1.165) is 11.1 Å². The van der Waals surface area contributed by atoms with Gasteiger partial charge in [0.15, 0.2) is 0 Å². The number of aliphatic carboxylic acids is 1. The second-order valence-electron chi connectivity index (χ2n) is 5.68. The molecule has 0 aliphatic heterocycles. The number of carboxylic acids is 1. The monoisotopic (exact) mass is 321 g/mol. The van der Waals surface area contributed by atoms with Crippen LogP contribution in [-0.4, -0.2) is 22.5 Å². The molecule has 0 bridgehead atoms. The molecule has 0 saturated heterocycles. The van der Waals surface area contributed by atoms with Crippen molar-refractivity contribution >= 4 is 5.97 Å². The molecule has 2 aromatic carbocycles. The average molecular weight is 321 g/mol. The second kappa shape index (κ2) is 8.27. The van der Waals surface area contributed by atoms with Crippen molar-refractivity contribution in [3.05, 3.63) is 97.1 Å². The Labute approximate surface area is 143 Å². The first-order valence-electron chi connectivity index (χ1n) is 7.95. The molecule has 3 nitrogen and oxygen atoms in total. The molecule has 2 aromatic rings.